The van der Waals surface area contributed by atoms with Crippen molar-refractivity contribution < 1.29 is 13.2 Å². The van der Waals surface area contributed by atoms with Crippen LogP contribution in [-0.2, 0) is 19.6 Å². The van der Waals surface area contributed by atoms with E-state index in [2.05, 4.69) is 16.5 Å². The van der Waals surface area contributed by atoms with Crippen molar-refractivity contribution in [2.45, 2.75) is 32.5 Å². The maximum absolute atomic E-state index is 12.9. The van der Waals surface area contributed by atoms with Crippen LogP contribution in [0.1, 0.15) is 21.6 Å². The molecule has 3 aromatic rings. The second kappa shape index (κ2) is 7.97. The monoisotopic (exact) mass is 408 g/mol. The maximum Gasteiger partial charge on any atom is 0.416 e. The molecule has 2 heterocycles. The first-order valence-electron chi connectivity index (χ1n) is 8.91. The van der Waals surface area contributed by atoms with E-state index < -0.39 is 11.7 Å². The molecule has 0 fully saturated rings. The molecule has 8 heteroatoms. The molecule has 1 atom stereocenters. The Hall–Kier alpha value is -2.32. The Balaban J connectivity index is 1.78. The largest absolute Gasteiger partial charge is 0.416 e. The molecule has 0 radical (unpaired) electrons. The van der Waals surface area contributed by atoms with Crippen LogP contribution < -0.4 is 11.1 Å². The molecule has 0 amide bonds. The summed E-state index contributed by atoms with van der Waals surface area (Å²) < 4.78 is 40.7. The van der Waals surface area contributed by atoms with Gasteiger partial charge in [-0.2, -0.15) is 18.3 Å². The van der Waals surface area contributed by atoms with Crippen LogP contribution in [0.2, 0.25) is 0 Å². The third-order valence-electron chi connectivity index (χ3n) is 4.66. The molecule has 0 bridgehead atoms. The third-order valence-corrected chi connectivity index (χ3v) is 5.64. The molecule has 0 aliphatic carbocycles. The summed E-state index contributed by atoms with van der Waals surface area (Å²) in [6.45, 7) is 4.37. The lowest BCUT2D eigenvalue weighted by Crippen LogP contribution is -2.30. The molecule has 0 saturated carbocycles. The van der Waals surface area contributed by atoms with E-state index in [1.807, 2.05) is 31.8 Å². The summed E-state index contributed by atoms with van der Waals surface area (Å²) in [6, 6.07) is 7.29. The minimum absolute atomic E-state index is 0.165. The van der Waals surface area contributed by atoms with Gasteiger partial charge in [0.05, 0.1) is 22.5 Å². The molecule has 2 aromatic heterocycles. The van der Waals surface area contributed by atoms with Crippen molar-refractivity contribution in [1.29, 1.82) is 0 Å². The first-order valence-corrected chi connectivity index (χ1v) is 9.73. The lowest BCUT2D eigenvalue weighted by atomic mass is 10.0. The fraction of sp³-hybridized carbons (Fsp3) is 0.350. The summed E-state index contributed by atoms with van der Waals surface area (Å²) in [6.07, 6.45) is -2.10. The van der Waals surface area contributed by atoms with Gasteiger partial charge in [-0.25, -0.2) is 0 Å². The highest BCUT2D eigenvalue weighted by atomic mass is 32.1. The van der Waals surface area contributed by atoms with E-state index in [4.69, 9.17) is 5.73 Å². The highest BCUT2D eigenvalue weighted by Gasteiger charge is 2.30. The molecular formula is C20H23F3N4S. The minimum Gasteiger partial charge on any atom is -0.373 e. The molecule has 3 rings (SSSR count). The van der Waals surface area contributed by atoms with Crippen molar-refractivity contribution in [3.05, 3.63) is 58.1 Å². The van der Waals surface area contributed by atoms with Gasteiger partial charge in [0.2, 0.25) is 0 Å². The molecule has 150 valence electrons. The van der Waals surface area contributed by atoms with Crippen LogP contribution in [0.15, 0.2) is 36.5 Å². The Kier molecular flexibility index (Phi) is 5.81. The summed E-state index contributed by atoms with van der Waals surface area (Å²) in [7, 11) is 1.91. The molecule has 0 unspecified atom stereocenters. The van der Waals surface area contributed by atoms with Gasteiger partial charge in [0.15, 0.2) is 0 Å². The van der Waals surface area contributed by atoms with Crippen molar-refractivity contribution in [2.24, 2.45) is 12.8 Å². The molecule has 0 spiro atoms. The second-order valence-electron chi connectivity index (χ2n) is 6.86. The van der Waals surface area contributed by atoms with E-state index in [1.54, 1.807) is 17.4 Å². The Bertz CT molecular complexity index is 939. The van der Waals surface area contributed by atoms with Gasteiger partial charge in [0, 0.05) is 30.1 Å². The Morgan fingerprint density at radius 3 is 2.61 bits per heavy atom. The van der Waals surface area contributed by atoms with Gasteiger partial charge in [-0.1, -0.05) is 18.2 Å². The SMILES string of the molecule is Cc1cnn(C)c1-c1cc(N[C@H](CN)Cc2cccc(C(F)(F)F)c2)sc1C. The van der Waals surface area contributed by atoms with Crippen molar-refractivity contribution >= 4 is 16.3 Å². The van der Waals surface area contributed by atoms with Gasteiger partial charge in [0.1, 0.15) is 0 Å². The summed E-state index contributed by atoms with van der Waals surface area (Å²) in [5.41, 5.74) is 9.10. The van der Waals surface area contributed by atoms with E-state index in [0.717, 1.165) is 32.8 Å². The van der Waals surface area contributed by atoms with Crippen molar-refractivity contribution in [3.8, 4) is 11.3 Å². The second-order valence-corrected chi connectivity index (χ2v) is 8.12. The van der Waals surface area contributed by atoms with Crippen LogP contribution in [0.4, 0.5) is 18.2 Å². The fourth-order valence-electron chi connectivity index (χ4n) is 3.28. The maximum atomic E-state index is 12.9. The Labute approximate surface area is 166 Å². The van der Waals surface area contributed by atoms with E-state index in [0.29, 0.717) is 18.5 Å². The number of aryl methyl sites for hydroxylation is 3. The average molecular weight is 408 g/mol. The van der Waals surface area contributed by atoms with E-state index in [9.17, 15) is 13.2 Å². The quantitative estimate of drug-likeness (QED) is 0.618. The van der Waals surface area contributed by atoms with Crippen LogP contribution in [0.5, 0.6) is 0 Å². The predicted molar refractivity (Wildman–Crippen MR) is 108 cm³/mol. The normalized spacial score (nSPS) is 13.0. The number of halogens is 3. The van der Waals surface area contributed by atoms with E-state index in [-0.39, 0.29) is 6.04 Å². The highest BCUT2D eigenvalue weighted by Crippen LogP contribution is 2.36. The smallest absolute Gasteiger partial charge is 0.373 e. The molecular weight excluding hydrogens is 385 g/mol. The number of hydrogen-bond acceptors (Lipinski definition) is 4. The van der Waals surface area contributed by atoms with Crippen LogP contribution in [0.25, 0.3) is 11.3 Å². The lowest BCUT2D eigenvalue weighted by Gasteiger charge is -2.18. The molecule has 28 heavy (non-hydrogen) atoms. The fourth-order valence-corrected chi connectivity index (χ4v) is 4.27. The van der Waals surface area contributed by atoms with Crippen LogP contribution in [0, 0.1) is 13.8 Å². The zero-order valence-corrected chi connectivity index (χ0v) is 16.8. The number of benzene rings is 1. The van der Waals surface area contributed by atoms with Gasteiger partial charge >= 0.3 is 6.18 Å². The van der Waals surface area contributed by atoms with E-state index >= 15 is 0 Å². The molecule has 4 nitrogen and oxygen atoms in total. The van der Waals surface area contributed by atoms with Gasteiger partial charge in [-0.05, 0) is 43.5 Å². The number of anilines is 1. The van der Waals surface area contributed by atoms with Crippen molar-refractivity contribution in [1.82, 2.24) is 9.78 Å². The summed E-state index contributed by atoms with van der Waals surface area (Å²) in [4.78, 5) is 1.14. The van der Waals surface area contributed by atoms with Crippen molar-refractivity contribution in [3.63, 3.8) is 0 Å². The number of nitrogens with zero attached hydrogens (tertiary/aromatic N) is 2. The van der Waals surface area contributed by atoms with Crippen molar-refractivity contribution in [2.75, 3.05) is 11.9 Å². The lowest BCUT2D eigenvalue weighted by molar-refractivity contribution is -0.137. The van der Waals surface area contributed by atoms with Gasteiger partial charge < -0.3 is 11.1 Å². The van der Waals surface area contributed by atoms with Crippen LogP contribution in [-0.4, -0.2) is 22.4 Å². The zero-order chi connectivity index (χ0) is 20.5. The van der Waals surface area contributed by atoms with E-state index in [1.165, 1.54) is 12.1 Å². The van der Waals surface area contributed by atoms with Gasteiger partial charge in [-0.3, -0.25) is 4.68 Å². The zero-order valence-electron chi connectivity index (χ0n) is 16.0. The summed E-state index contributed by atoms with van der Waals surface area (Å²) >= 11 is 1.60. The summed E-state index contributed by atoms with van der Waals surface area (Å²) in [5, 5.41) is 8.61. The first kappa shape index (κ1) is 20.4. The molecule has 0 saturated heterocycles. The van der Waals surface area contributed by atoms with Crippen LogP contribution >= 0.6 is 11.3 Å². The molecule has 0 aliphatic heterocycles. The Morgan fingerprint density at radius 1 is 1.25 bits per heavy atom. The van der Waals surface area contributed by atoms with Gasteiger partial charge in [0.25, 0.3) is 0 Å². The number of alkyl halides is 3. The number of aromatic nitrogens is 2. The van der Waals surface area contributed by atoms with Gasteiger partial charge in [-0.15, -0.1) is 11.3 Å². The number of hydrogen-bond donors (Lipinski definition) is 2. The highest BCUT2D eigenvalue weighted by molar-refractivity contribution is 7.16. The molecule has 3 N–H and O–H groups in total. The average Bonchev–Trinajstić information content (AvgIpc) is 3.15. The standard InChI is InChI=1S/C20H23F3N4S/c1-12-11-25-27(3)19(12)17-9-18(28-13(17)2)26-16(10-24)8-14-5-4-6-15(7-14)20(21,22)23/h4-7,9,11,16,26H,8,10,24H2,1-3H3/t16-/m0/s1. The Morgan fingerprint density at radius 2 is 2.00 bits per heavy atom. The predicted octanol–water partition coefficient (Wildman–Crippen LogP) is 4.77. The number of nitrogens with two attached hydrogens (primary N) is 1. The van der Waals surface area contributed by atoms with Crippen LogP contribution in [0.3, 0.4) is 0 Å². The summed E-state index contributed by atoms with van der Waals surface area (Å²) in [5.74, 6) is 0. The molecule has 1 aromatic carbocycles. The topological polar surface area (TPSA) is 55.9 Å². The third kappa shape index (κ3) is 4.39. The molecule has 0 aliphatic rings. The number of rotatable bonds is 6. The number of nitrogens with one attached hydrogen (secondary N) is 1. The number of thiophene rings is 1. The minimum atomic E-state index is -4.34. The first-order chi connectivity index (χ1) is 13.2.